The second-order valence-electron chi connectivity index (χ2n) is 5.15. The van der Waals surface area contributed by atoms with Crippen molar-refractivity contribution >= 4 is 27.4 Å². The highest BCUT2D eigenvalue weighted by Gasteiger charge is 2.07. The molecule has 106 valence electrons. The lowest BCUT2D eigenvalue weighted by Crippen LogP contribution is -2.00. The average molecular weight is 288 g/mol. The summed E-state index contributed by atoms with van der Waals surface area (Å²) in [6.45, 7) is 0. The van der Waals surface area contributed by atoms with E-state index in [-0.39, 0.29) is 5.43 Å². The summed E-state index contributed by atoms with van der Waals surface area (Å²) in [5.41, 5.74) is 8.72. The maximum atomic E-state index is 12.8. The summed E-state index contributed by atoms with van der Waals surface area (Å²) in [7, 11) is 0. The van der Waals surface area contributed by atoms with Gasteiger partial charge in [0.1, 0.15) is 0 Å². The third kappa shape index (κ3) is 1.91. The van der Waals surface area contributed by atoms with E-state index in [9.17, 15) is 4.79 Å². The number of anilines is 1. The Bertz CT molecular complexity index is 1060. The molecule has 5 heteroatoms. The van der Waals surface area contributed by atoms with Crippen molar-refractivity contribution in [1.29, 1.82) is 0 Å². The molecule has 0 fully saturated rings. The second-order valence-corrected chi connectivity index (χ2v) is 5.15. The van der Waals surface area contributed by atoms with Crippen LogP contribution in [0.25, 0.3) is 32.8 Å². The number of aromatic amines is 1. The molecule has 2 aromatic carbocycles. The van der Waals surface area contributed by atoms with E-state index in [0.717, 1.165) is 16.5 Å². The van der Waals surface area contributed by atoms with E-state index in [1.54, 1.807) is 30.7 Å². The van der Waals surface area contributed by atoms with Gasteiger partial charge in [0.15, 0.2) is 5.43 Å². The number of hydrogen-bond donors (Lipinski definition) is 2. The molecule has 3 N–H and O–H groups in total. The number of benzene rings is 1. The fourth-order valence-corrected chi connectivity index (χ4v) is 2.59. The van der Waals surface area contributed by atoms with Crippen molar-refractivity contribution in [1.82, 2.24) is 15.2 Å². The van der Waals surface area contributed by atoms with Crippen LogP contribution in [0, 0.1) is 0 Å². The summed E-state index contributed by atoms with van der Waals surface area (Å²) in [6, 6.07) is 10.9. The van der Waals surface area contributed by atoms with Crippen LogP contribution in [0.3, 0.4) is 0 Å². The molecule has 22 heavy (non-hydrogen) atoms. The van der Waals surface area contributed by atoms with Gasteiger partial charge in [0.25, 0.3) is 0 Å². The number of rotatable bonds is 1. The van der Waals surface area contributed by atoms with Gasteiger partial charge >= 0.3 is 0 Å². The minimum atomic E-state index is -0.0693. The minimum absolute atomic E-state index is 0.0693. The molecule has 0 radical (unpaired) electrons. The number of aromatic nitrogens is 3. The van der Waals surface area contributed by atoms with E-state index >= 15 is 0 Å². The molecule has 0 saturated carbocycles. The Labute approximate surface area is 125 Å². The van der Waals surface area contributed by atoms with Gasteiger partial charge in [-0.05, 0) is 29.7 Å². The van der Waals surface area contributed by atoms with Crippen molar-refractivity contribution in [2.24, 2.45) is 0 Å². The first-order chi connectivity index (χ1) is 10.7. The third-order valence-corrected chi connectivity index (χ3v) is 3.74. The maximum Gasteiger partial charge on any atom is 0.195 e. The number of H-pyrrole nitrogens is 1. The molecule has 0 atom stereocenters. The van der Waals surface area contributed by atoms with Crippen molar-refractivity contribution in [3.8, 4) is 11.1 Å². The van der Waals surface area contributed by atoms with Gasteiger partial charge in [0.2, 0.25) is 0 Å². The number of pyridine rings is 1. The molecule has 0 bridgehead atoms. The van der Waals surface area contributed by atoms with Crippen molar-refractivity contribution in [3.05, 3.63) is 65.2 Å². The van der Waals surface area contributed by atoms with Crippen molar-refractivity contribution in [3.63, 3.8) is 0 Å². The normalized spacial score (nSPS) is 11.1. The Kier molecular flexibility index (Phi) is 2.66. The van der Waals surface area contributed by atoms with Gasteiger partial charge in [0.05, 0.1) is 11.7 Å². The summed E-state index contributed by atoms with van der Waals surface area (Å²) in [6.07, 6.45) is 5.21. The molecule has 0 saturated heterocycles. The van der Waals surface area contributed by atoms with Crippen LogP contribution in [0.2, 0.25) is 0 Å². The quantitative estimate of drug-likeness (QED) is 0.527. The zero-order valence-electron chi connectivity index (χ0n) is 11.6. The predicted molar refractivity (Wildman–Crippen MR) is 87.5 cm³/mol. The molecular weight excluding hydrogens is 276 g/mol. The zero-order valence-corrected chi connectivity index (χ0v) is 11.6. The summed E-state index contributed by atoms with van der Waals surface area (Å²) in [5.74, 6) is 0. The third-order valence-electron chi connectivity index (χ3n) is 3.74. The largest absolute Gasteiger partial charge is 0.399 e. The van der Waals surface area contributed by atoms with Crippen molar-refractivity contribution < 1.29 is 0 Å². The smallest absolute Gasteiger partial charge is 0.195 e. The van der Waals surface area contributed by atoms with Crippen LogP contribution in [0.15, 0.2) is 59.8 Å². The molecule has 0 aliphatic heterocycles. The Morgan fingerprint density at radius 2 is 1.82 bits per heavy atom. The van der Waals surface area contributed by atoms with E-state index in [2.05, 4.69) is 15.2 Å². The number of hydrogen-bond acceptors (Lipinski definition) is 4. The fraction of sp³-hybridized carbons (Fsp3) is 0. The molecule has 0 unspecified atom stereocenters. The van der Waals surface area contributed by atoms with Gasteiger partial charge < -0.3 is 5.73 Å². The monoisotopic (exact) mass is 288 g/mol. The molecule has 0 aliphatic carbocycles. The summed E-state index contributed by atoms with van der Waals surface area (Å²) >= 11 is 0. The molecule has 5 nitrogen and oxygen atoms in total. The second kappa shape index (κ2) is 4.66. The number of nitrogens with two attached hydrogens (primary N) is 1. The van der Waals surface area contributed by atoms with Crippen LogP contribution in [0.5, 0.6) is 0 Å². The van der Waals surface area contributed by atoms with E-state index < -0.39 is 0 Å². The predicted octanol–water partition coefficient (Wildman–Crippen LogP) is 2.72. The lowest BCUT2D eigenvalue weighted by atomic mass is 10.1. The highest BCUT2D eigenvalue weighted by Crippen LogP contribution is 2.21. The Morgan fingerprint density at radius 3 is 2.64 bits per heavy atom. The fourth-order valence-electron chi connectivity index (χ4n) is 2.59. The number of nitrogens with zero attached hydrogens (tertiary/aromatic N) is 2. The molecule has 2 heterocycles. The van der Waals surface area contributed by atoms with E-state index in [1.807, 2.05) is 24.3 Å². The van der Waals surface area contributed by atoms with Crippen LogP contribution in [-0.4, -0.2) is 15.2 Å². The molecule has 0 spiro atoms. The van der Waals surface area contributed by atoms with Gasteiger partial charge in [-0.15, -0.1) is 0 Å². The first-order valence-electron chi connectivity index (χ1n) is 6.84. The van der Waals surface area contributed by atoms with Crippen molar-refractivity contribution in [2.45, 2.75) is 0 Å². The highest BCUT2D eigenvalue weighted by atomic mass is 16.1. The van der Waals surface area contributed by atoms with Gasteiger partial charge in [-0.3, -0.25) is 14.9 Å². The Morgan fingerprint density at radius 1 is 0.955 bits per heavy atom. The summed E-state index contributed by atoms with van der Waals surface area (Å²) in [4.78, 5) is 17.3. The highest BCUT2D eigenvalue weighted by molar-refractivity contribution is 5.94. The van der Waals surface area contributed by atoms with E-state index in [0.29, 0.717) is 22.0 Å². The number of nitrogens with one attached hydrogen (secondary N) is 1. The van der Waals surface area contributed by atoms with E-state index in [4.69, 9.17) is 5.73 Å². The van der Waals surface area contributed by atoms with Crippen LogP contribution >= 0.6 is 0 Å². The molecule has 4 aromatic rings. The Balaban J connectivity index is 2.13. The van der Waals surface area contributed by atoms with Crippen LogP contribution in [0.1, 0.15) is 0 Å². The topological polar surface area (TPSA) is 84.7 Å². The van der Waals surface area contributed by atoms with Crippen LogP contribution in [-0.2, 0) is 0 Å². The summed E-state index contributed by atoms with van der Waals surface area (Å²) < 4.78 is 0. The molecule has 4 rings (SSSR count). The standard InChI is InChI=1S/C17H12N4O/c18-13-3-1-10-2-4-16-15(17(22)14(10)6-13)5-11(7-19-16)12-8-20-21-9-12/h1-9H,18H2,(H,20,21). The summed E-state index contributed by atoms with van der Waals surface area (Å²) in [5, 5.41) is 8.71. The molecular formula is C17H12N4O. The lowest BCUT2D eigenvalue weighted by Gasteiger charge is -1.98. The number of nitrogen functional groups attached to an aromatic ring is 1. The van der Waals surface area contributed by atoms with Gasteiger partial charge in [0, 0.05) is 40.0 Å². The maximum absolute atomic E-state index is 12.8. The van der Waals surface area contributed by atoms with Gasteiger partial charge in [-0.25, -0.2) is 0 Å². The van der Waals surface area contributed by atoms with Crippen LogP contribution < -0.4 is 11.2 Å². The van der Waals surface area contributed by atoms with Crippen LogP contribution in [0.4, 0.5) is 5.69 Å². The van der Waals surface area contributed by atoms with Gasteiger partial charge in [-0.1, -0.05) is 12.1 Å². The number of fused-ring (bicyclic) bond motifs is 2. The van der Waals surface area contributed by atoms with Crippen molar-refractivity contribution in [2.75, 3.05) is 5.73 Å². The van der Waals surface area contributed by atoms with E-state index in [1.165, 1.54) is 0 Å². The molecule has 0 aliphatic rings. The first-order valence-corrected chi connectivity index (χ1v) is 6.84. The lowest BCUT2D eigenvalue weighted by molar-refractivity contribution is 1.09. The SMILES string of the molecule is Nc1ccc2ccc3ncc(-c4cn[nH]c4)cc3c(=O)c2c1. The zero-order chi connectivity index (χ0) is 15.1. The van der Waals surface area contributed by atoms with Gasteiger partial charge in [-0.2, -0.15) is 5.10 Å². The Hall–Kier alpha value is -3.21. The minimum Gasteiger partial charge on any atom is -0.399 e. The molecule has 2 aromatic heterocycles. The average Bonchev–Trinajstić information content (AvgIpc) is 3.03. The first kappa shape index (κ1) is 12.5. The molecule has 0 amide bonds.